The summed E-state index contributed by atoms with van der Waals surface area (Å²) < 4.78 is 0. The van der Waals surface area contributed by atoms with Crippen LogP contribution in [0.5, 0.6) is 0 Å². The Hall–Kier alpha value is -1.93. The van der Waals surface area contributed by atoms with Crippen LogP contribution in [0.25, 0.3) is 0 Å². The van der Waals surface area contributed by atoms with Gasteiger partial charge < -0.3 is 21.1 Å². The third kappa shape index (κ3) is 5.04. The molecular weight excluding hydrogens is 378 g/mol. The van der Waals surface area contributed by atoms with E-state index in [9.17, 15) is 19.5 Å². The number of benzene rings is 1. The van der Waals surface area contributed by atoms with Crippen LogP contribution in [0.4, 0.5) is 10.5 Å². The fourth-order valence-corrected chi connectivity index (χ4v) is 3.98. The van der Waals surface area contributed by atoms with Gasteiger partial charge in [-0.3, -0.25) is 4.79 Å². The van der Waals surface area contributed by atoms with Gasteiger partial charge in [0.15, 0.2) is 0 Å². The number of carbonyl (C=O) groups is 3. The van der Waals surface area contributed by atoms with Crippen molar-refractivity contribution in [3.05, 3.63) is 28.8 Å². The van der Waals surface area contributed by atoms with Gasteiger partial charge in [-0.05, 0) is 51.1 Å². The van der Waals surface area contributed by atoms with Crippen LogP contribution in [0.1, 0.15) is 37.6 Å². The molecule has 0 saturated carbocycles. The Balaban J connectivity index is 2.17. The summed E-state index contributed by atoms with van der Waals surface area (Å²) in [7, 11) is 0. The molecule has 7 nitrogen and oxygen atoms in total. The number of halogens is 1. The van der Waals surface area contributed by atoms with Crippen LogP contribution >= 0.6 is 23.4 Å². The molecule has 1 aliphatic heterocycles. The summed E-state index contributed by atoms with van der Waals surface area (Å²) in [5, 5.41) is 17.6. The Labute approximate surface area is 161 Å². The molecule has 3 amide bonds. The number of urea groups is 1. The summed E-state index contributed by atoms with van der Waals surface area (Å²) in [4.78, 5) is 36.2. The molecule has 0 aliphatic carbocycles. The van der Waals surface area contributed by atoms with E-state index in [-0.39, 0.29) is 10.6 Å². The molecule has 1 atom stereocenters. The van der Waals surface area contributed by atoms with E-state index in [0.29, 0.717) is 23.6 Å². The number of carbonyl (C=O) groups excluding carboxylic acids is 2. The van der Waals surface area contributed by atoms with Crippen molar-refractivity contribution in [2.75, 3.05) is 16.8 Å². The van der Waals surface area contributed by atoms with Crippen molar-refractivity contribution in [3.63, 3.8) is 0 Å². The highest BCUT2D eigenvalue weighted by atomic mass is 35.5. The van der Waals surface area contributed by atoms with Gasteiger partial charge in [-0.25, -0.2) is 9.59 Å². The minimum absolute atomic E-state index is 0.109. The predicted molar refractivity (Wildman–Crippen MR) is 103 cm³/mol. The Kier molecular flexibility index (Phi) is 6.08. The van der Waals surface area contributed by atoms with Crippen molar-refractivity contribution < 1.29 is 19.5 Å². The predicted octanol–water partition coefficient (Wildman–Crippen LogP) is 2.95. The van der Waals surface area contributed by atoms with Crippen LogP contribution in [0.15, 0.2) is 18.2 Å². The minimum Gasteiger partial charge on any atom is -0.479 e. The van der Waals surface area contributed by atoms with Gasteiger partial charge in [-0.15, -0.1) is 0 Å². The molecule has 0 aromatic heterocycles. The normalized spacial score (nSPS) is 19.7. The molecule has 1 aromatic rings. The molecule has 1 aliphatic rings. The lowest BCUT2D eigenvalue weighted by molar-refractivity contribution is -0.143. The zero-order chi connectivity index (χ0) is 19.5. The molecule has 0 bridgehead atoms. The van der Waals surface area contributed by atoms with Gasteiger partial charge in [0.1, 0.15) is 5.54 Å². The third-order valence-electron chi connectivity index (χ3n) is 3.74. The smallest absolute Gasteiger partial charge is 0.330 e. The summed E-state index contributed by atoms with van der Waals surface area (Å²) in [6.07, 6.45) is 0.349. The van der Waals surface area contributed by atoms with Crippen LogP contribution in [0, 0.1) is 0 Å². The van der Waals surface area contributed by atoms with E-state index >= 15 is 0 Å². The molecule has 1 saturated heterocycles. The number of aliphatic carboxylic acids is 1. The van der Waals surface area contributed by atoms with Gasteiger partial charge in [-0.2, -0.15) is 11.8 Å². The fraction of sp³-hybridized carbons (Fsp3) is 0.471. The average molecular weight is 400 g/mol. The fourth-order valence-electron chi connectivity index (χ4n) is 2.45. The van der Waals surface area contributed by atoms with Crippen LogP contribution < -0.4 is 16.0 Å². The summed E-state index contributed by atoms with van der Waals surface area (Å²) >= 11 is 7.58. The SMILES string of the molecule is CC(C)(C)NC(=O)Nc1ccc(Cl)c(C(=O)NC2(C(=O)O)CCSC2)c1. The number of rotatable bonds is 4. The van der Waals surface area contributed by atoms with E-state index in [1.165, 1.54) is 23.9 Å². The quantitative estimate of drug-likeness (QED) is 0.622. The molecule has 9 heteroatoms. The molecule has 26 heavy (non-hydrogen) atoms. The van der Waals surface area contributed by atoms with Gasteiger partial charge >= 0.3 is 12.0 Å². The van der Waals surface area contributed by atoms with Crippen molar-refractivity contribution in [2.24, 2.45) is 0 Å². The van der Waals surface area contributed by atoms with E-state index < -0.39 is 29.0 Å². The number of thioether (sulfide) groups is 1. The molecule has 1 unspecified atom stereocenters. The van der Waals surface area contributed by atoms with Crippen LogP contribution in [-0.2, 0) is 4.79 Å². The zero-order valence-corrected chi connectivity index (χ0v) is 16.4. The summed E-state index contributed by atoms with van der Waals surface area (Å²) in [5.41, 5.74) is -1.22. The number of hydrogen-bond acceptors (Lipinski definition) is 4. The second-order valence-electron chi connectivity index (χ2n) is 7.17. The molecule has 142 valence electrons. The molecule has 2 rings (SSSR count). The van der Waals surface area contributed by atoms with Crippen molar-refractivity contribution in [3.8, 4) is 0 Å². The topological polar surface area (TPSA) is 108 Å². The van der Waals surface area contributed by atoms with Crippen LogP contribution in [0.3, 0.4) is 0 Å². The second-order valence-corrected chi connectivity index (χ2v) is 8.68. The first-order chi connectivity index (χ1) is 12.0. The highest BCUT2D eigenvalue weighted by Gasteiger charge is 2.43. The highest BCUT2D eigenvalue weighted by Crippen LogP contribution is 2.29. The lowest BCUT2D eigenvalue weighted by atomic mass is 9.98. The molecule has 0 radical (unpaired) electrons. The molecule has 1 aromatic carbocycles. The van der Waals surface area contributed by atoms with Gasteiger partial charge in [-0.1, -0.05) is 11.6 Å². The van der Waals surface area contributed by atoms with Gasteiger partial charge in [0, 0.05) is 17.0 Å². The second kappa shape index (κ2) is 7.75. The summed E-state index contributed by atoms with van der Waals surface area (Å²) in [6.45, 7) is 5.54. The molecule has 1 heterocycles. The standard InChI is InChI=1S/C17H22ClN3O4S/c1-16(2,3)21-15(25)19-10-4-5-12(18)11(8-10)13(22)20-17(14(23)24)6-7-26-9-17/h4-5,8H,6-7,9H2,1-3H3,(H,20,22)(H,23,24)(H2,19,21,25). The Morgan fingerprint density at radius 1 is 1.27 bits per heavy atom. The summed E-state index contributed by atoms with van der Waals surface area (Å²) in [6, 6.07) is 4.07. The van der Waals surface area contributed by atoms with Crippen molar-refractivity contribution in [1.29, 1.82) is 0 Å². The third-order valence-corrected chi connectivity index (χ3v) is 5.26. The molecular formula is C17H22ClN3O4S. The largest absolute Gasteiger partial charge is 0.479 e. The number of carboxylic acids is 1. The van der Waals surface area contributed by atoms with Crippen LogP contribution in [0.2, 0.25) is 5.02 Å². The first kappa shape index (κ1) is 20.4. The van der Waals surface area contributed by atoms with E-state index in [0.717, 1.165) is 0 Å². The maximum atomic E-state index is 12.6. The Bertz CT molecular complexity index is 727. The van der Waals surface area contributed by atoms with Gasteiger partial charge in [0.05, 0.1) is 10.6 Å². The molecule has 1 fully saturated rings. The van der Waals surface area contributed by atoms with Crippen LogP contribution in [-0.4, -0.2) is 45.6 Å². The average Bonchev–Trinajstić information content (AvgIpc) is 2.97. The van der Waals surface area contributed by atoms with E-state index in [2.05, 4.69) is 16.0 Å². The molecule has 0 spiro atoms. The van der Waals surface area contributed by atoms with E-state index in [1.807, 2.05) is 20.8 Å². The van der Waals surface area contributed by atoms with Crippen molar-refractivity contribution in [2.45, 2.75) is 38.3 Å². The van der Waals surface area contributed by atoms with Gasteiger partial charge in [0.2, 0.25) is 0 Å². The Morgan fingerprint density at radius 3 is 2.50 bits per heavy atom. The lowest BCUT2D eigenvalue weighted by Gasteiger charge is -2.25. The summed E-state index contributed by atoms with van der Waals surface area (Å²) in [5.74, 6) is -0.683. The lowest BCUT2D eigenvalue weighted by Crippen LogP contribution is -2.54. The first-order valence-corrected chi connectivity index (χ1v) is 9.58. The highest BCUT2D eigenvalue weighted by molar-refractivity contribution is 7.99. The van der Waals surface area contributed by atoms with E-state index in [4.69, 9.17) is 11.6 Å². The molecule has 4 N–H and O–H groups in total. The van der Waals surface area contributed by atoms with Crippen molar-refractivity contribution in [1.82, 2.24) is 10.6 Å². The number of anilines is 1. The number of nitrogens with one attached hydrogen (secondary N) is 3. The Morgan fingerprint density at radius 2 is 1.96 bits per heavy atom. The van der Waals surface area contributed by atoms with E-state index in [1.54, 1.807) is 6.07 Å². The minimum atomic E-state index is -1.29. The number of amides is 3. The maximum absolute atomic E-state index is 12.6. The number of hydrogen-bond donors (Lipinski definition) is 4. The number of carboxylic acid groups (broad SMARTS) is 1. The van der Waals surface area contributed by atoms with Gasteiger partial charge in [0.25, 0.3) is 5.91 Å². The zero-order valence-electron chi connectivity index (χ0n) is 14.8. The monoisotopic (exact) mass is 399 g/mol. The first-order valence-electron chi connectivity index (χ1n) is 8.05. The van der Waals surface area contributed by atoms with Crippen molar-refractivity contribution >= 4 is 47.0 Å². The maximum Gasteiger partial charge on any atom is 0.330 e.